The Labute approximate surface area is 67.5 Å². The molecular weight excluding hydrogens is 142 g/mol. The van der Waals surface area contributed by atoms with Gasteiger partial charge in [0.05, 0.1) is 0 Å². The summed E-state index contributed by atoms with van der Waals surface area (Å²) in [5.74, 6) is 0. The lowest BCUT2D eigenvalue weighted by atomic mass is 9.99. The first-order valence-corrected chi connectivity index (χ1v) is 3.98. The Hall–Kier alpha value is -0.370. The van der Waals surface area contributed by atoms with E-state index in [1.54, 1.807) is 0 Å². The molecule has 0 aromatic carbocycles. The van der Waals surface area contributed by atoms with Crippen LogP contribution in [0.5, 0.6) is 0 Å². The van der Waals surface area contributed by atoms with Crippen molar-refractivity contribution in [2.75, 3.05) is 0 Å². The Morgan fingerprint density at radius 1 is 1.60 bits per heavy atom. The van der Waals surface area contributed by atoms with E-state index in [2.05, 4.69) is 19.2 Å². The van der Waals surface area contributed by atoms with Crippen molar-refractivity contribution >= 4 is 17.1 Å². The molecule has 56 valence electrons. The van der Waals surface area contributed by atoms with Crippen molar-refractivity contribution < 1.29 is 0 Å². The molecule has 0 saturated carbocycles. The molecule has 1 N–H and O–H groups in total. The molecule has 0 saturated heterocycles. The summed E-state index contributed by atoms with van der Waals surface area (Å²) in [6.45, 7) is 4.37. The fourth-order valence-electron chi connectivity index (χ4n) is 0.951. The average Bonchev–Trinajstić information content (AvgIpc) is 1.94. The van der Waals surface area contributed by atoms with Gasteiger partial charge in [-0.3, -0.25) is 0 Å². The van der Waals surface area contributed by atoms with Crippen LogP contribution in [0.2, 0.25) is 0 Å². The van der Waals surface area contributed by atoms with E-state index >= 15 is 0 Å². The fourth-order valence-corrected chi connectivity index (χ4v) is 1.12. The maximum absolute atomic E-state index is 5.07. The molecule has 0 unspecified atom stereocenters. The maximum atomic E-state index is 5.07. The van der Waals surface area contributed by atoms with Crippen molar-refractivity contribution in [2.24, 2.45) is 0 Å². The van der Waals surface area contributed by atoms with Crippen molar-refractivity contribution in [3.8, 4) is 0 Å². The van der Waals surface area contributed by atoms with E-state index in [1.165, 1.54) is 0 Å². The highest BCUT2D eigenvalue weighted by atomic mass is 32.1. The molecule has 1 nitrogen and oxygen atoms in total. The summed E-state index contributed by atoms with van der Waals surface area (Å²) >= 11 is 5.07. The third-order valence-electron chi connectivity index (χ3n) is 1.74. The second kappa shape index (κ2) is 2.70. The van der Waals surface area contributed by atoms with E-state index in [0.29, 0.717) is 0 Å². The largest absolute Gasteiger partial charge is 0.386 e. The zero-order valence-corrected chi connectivity index (χ0v) is 7.29. The second-order valence-electron chi connectivity index (χ2n) is 3.33. The summed E-state index contributed by atoms with van der Waals surface area (Å²) in [7, 11) is 0. The van der Waals surface area contributed by atoms with Gasteiger partial charge in [-0.2, -0.15) is 0 Å². The van der Waals surface area contributed by atoms with Gasteiger partial charge in [0, 0.05) is 10.4 Å². The van der Waals surface area contributed by atoms with Crippen LogP contribution < -0.4 is 5.32 Å². The number of hydrogen-bond donors (Lipinski definition) is 1. The van der Waals surface area contributed by atoms with Gasteiger partial charge in [-0.05, 0) is 39.0 Å². The first kappa shape index (κ1) is 7.73. The quantitative estimate of drug-likeness (QED) is 0.537. The molecule has 0 aromatic rings. The van der Waals surface area contributed by atoms with Crippen LogP contribution in [-0.2, 0) is 0 Å². The zero-order valence-electron chi connectivity index (χ0n) is 6.48. The van der Waals surface area contributed by atoms with E-state index in [1.807, 2.05) is 12.3 Å². The molecule has 0 atom stereocenters. The van der Waals surface area contributed by atoms with Gasteiger partial charge < -0.3 is 5.32 Å². The molecule has 1 rings (SSSR count). The molecule has 0 radical (unpaired) electrons. The summed E-state index contributed by atoms with van der Waals surface area (Å²) in [4.78, 5) is 1.05. The lowest BCUT2D eigenvalue weighted by Crippen LogP contribution is -2.34. The lowest BCUT2D eigenvalue weighted by Gasteiger charge is -2.22. The SMILES string of the molecule is CC1(C)CCC(=S)C=CN1. The first-order valence-electron chi connectivity index (χ1n) is 3.57. The van der Waals surface area contributed by atoms with E-state index < -0.39 is 0 Å². The van der Waals surface area contributed by atoms with E-state index in [0.717, 1.165) is 17.7 Å². The van der Waals surface area contributed by atoms with Crippen molar-refractivity contribution in [1.82, 2.24) is 5.32 Å². The third-order valence-corrected chi connectivity index (χ3v) is 2.08. The molecule has 0 amide bonds. The van der Waals surface area contributed by atoms with Gasteiger partial charge in [-0.1, -0.05) is 12.2 Å². The first-order chi connectivity index (χ1) is 4.60. The lowest BCUT2D eigenvalue weighted by molar-refractivity contribution is 0.422. The van der Waals surface area contributed by atoms with Crippen LogP contribution in [0.25, 0.3) is 0 Å². The summed E-state index contributed by atoms with van der Waals surface area (Å²) < 4.78 is 0. The number of thiocarbonyl (C=S) groups is 1. The minimum atomic E-state index is 0.219. The normalized spacial score (nSPS) is 23.6. The van der Waals surface area contributed by atoms with Crippen molar-refractivity contribution in [1.29, 1.82) is 0 Å². The Bertz CT molecular complexity index is 170. The number of allylic oxidation sites excluding steroid dienone is 1. The smallest absolute Gasteiger partial charge is 0.0315 e. The molecule has 10 heavy (non-hydrogen) atoms. The standard InChI is InChI=1S/C8H13NS/c1-8(2)5-3-7(10)4-6-9-8/h4,6,9H,3,5H2,1-2H3. The van der Waals surface area contributed by atoms with Crippen LogP contribution in [0.4, 0.5) is 0 Å². The molecule has 0 bridgehead atoms. The summed E-state index contributed by atoms with van der Waals surface area (Å²) in [6, 6.07) is 0. The van der Waals surface area contributed by atoms with Crippen molar-refractivity contribution in [2.45, 2.75) is 32.2 Å². The third kappa shape index (κ3) is 2.10. The minimum absolute atomic E-state index is 0.219. The van der Waals surface area contributed by atoms with E-state index in [-0.39, 0.29) is 5.54 Å². The van der Waals surface area contributed by atoms with Gasteiger partial charge in [-0.15, -0.1) is 0 Å². The average molecular weight is 155 g/mol. The molecule has 2 heteroatoms. The zero-order chi connectivity index (χ0) is 7.61. The highest BCUT2D eigenvalue weighted by molar-refractivity contribution is 7.80. The predicted molar refractivity (Wildman–Crippen MR) is 48.2 cm³/mol. The van der Waals surface area contributed by atoms with Gasteiger partial charge in [0.25, 0.3) is 0 Å². The predicted octanol–water partition coefficient (Wildman–Crippen LogP) is 2.03. The molecule has 1 aliphatic heterocycles. The fraction of sp³-hybridized carbons (Fsp3) is 0.625. The molecule has 0 spiro atoms. The summed E-state index contributed by atoms with van der Waals surface area (Å²) in [5, 5.41) is 3.28. The Kier molecular flexibility index (Phi) is 2.09. The Morgan fingerprint density at radius 3 is 3.00 bits per heavy atom. The van der Waals surface area contributed by atoms with Crippen LogP contribution in [0, 0.1) is 0 Å². The van der Waals surface area contributed by atoms with E-state index in [9.17, 15) is 0 Å². The van der Waals surface area contributed by atoms with Crippen LogP contribution in [0.1, 0.15) is 26.7 Å². The monoisotopic (exact) mass is 155 g/mol. The van der Waals surface area contributed by atoms with Gasteiger partial charge in [-0.25, -0.2) is 0 Å². The van der Waals surface area contributed by atoms with Crippen LogP contribution in [0.15, 0.2) is 12.3 Å². The molecule has 1 aliphatic rings. The summed E-state index contributed by atoms with van der Waals surface area (Å²) in [6.07, 6.45) is 6.09. The van der Waals surface area contributed by atoms with Gasteiger partial charge in [0.2, 0.25) is 0 Å². The Morgan fingerprint density at radius 2 is 2.30 bits per heavy atom. The number of hydrogen-bond acceptors (Lipinski definition) is 2. The highest BCUT2D eigenvalue weighted by Crippen LogP contribution is 2.14. The van der Waals surface area contributed by atoms with Gasteiger partial charge in [0.1, 0.15) is 0 Å². The highest BCUT2D eigenvalue weighted by Gasteiger charge is 2.17. The summed E-state index contributed by atoms with van der Waals surface area (Å²) in [5.41, 5.74) is 0.219. The molecule has 0 fully saturated rings. The van der Waals surface area contributed by atoms with Gasteiger partial charge in [0.15, 0.2) is 0 Å². The number of nitrogens with one attached hydrogen (secondary N) is 1. The van der Waals surface area contributed by atoms with E-state index in [4.69, 9.17) is 12.2 Å². The number of rotatable bonds is 0. The minimum Gasteiger partial charge on any atom is -0.386 e. The molecule has 0 aromatic heterocycles. The maximum Gasteiger partial charge on any atom is 0.0315 e. The van der Waals surface area contributed by atoms with Crippen LogP contribution >= 0.6 is 12.2 Å². The van der Waals surface area contributed by atoms with Crippen LogP contribution in [0.3, 0.4) is 0 Å². The van der Waals surface area contributed by atoms with Crippen molar-refractivity contribution in [3.63, 3.8) is 0 Å². The second-order valence-corrected chi connectivity index (χ2v) is 3.85. The Balaban J connectivity index is 2.61. The van der Waals surface area contributed by atoms with Gasteiger partial charge >= 0.3 is 0 Å². The van der Waals surface area contributed by atoms with Crippen molar-refractivity contribution in [3.05, 3.63) is 12.3 Å². The topological polar surface area (TPSA) is 12.0 Å². The molecule has 1 heterocycles. The molecule has 0 aliphatic carbocycles. The molecular formula is C8H13NS. The van der Waals surface area contributed by atoms with Crippen LogP contribution in [-0.4, -0.2) is 10.4 Å².